The van der Waals surface area contributed by atoms with Crippen LogP contribution in [-0.4, -0.2) is 76.2 Å². The molecule has 1 unspecified atom stereocenters. The Balaban J connectivity index is 0.00000300. The quantitative estimate of drug-likeness (QED) is 0.363. The third kappa shape index (κ3) is 6.53. The van der Waals surface area contributed by atoms with Gasteiger partial charge in [-0.25, -0.2) is 12.7 Å². The molecule has 1 aromatic rings. The van der Waals surface area contributed by atoms with Crippen molar-refractivity contribution in [1.29, 1.82) is 0 Å². The second-order valence-electron chi connectivity index (χ2n) is 7.70. The minimum atomic E-state index is -3.07. The summed E-state index contributed by atoms with van der Waals surface area (Å²) in [5.74, 6) is 1.36. The second-order valence-corrected chi connectivity index (χ2v) is 9.68. The molecule has 2 saturated heterocycles. The van der Waals surface area contributed by atoms with Gasteiger partial charge in [0, 0.05) is 33.2 Å². The summed E-state index contributed by atoms with van der Waals surface area (Å²) in [6, 6.07) is 8.36. The number of nitrogens with zero attached hydrogens (tertiary/aromatic N) is 3. The zero-order valence-corrected chi connectivity index (χ0v) is 20.7. The maximum absolute atomic E-state index is 11.7. The first-order valence-electron chi connectivity index (χ1n) is 9.96. The monoisotopic (exact) mass is 536 g/mol. The summed E-state index contributed by atoms with van der Waals surface area (Å²) in [4.78, 5) is 6.73. The molecule has 0 aliphatic carbocycles. The van der Waals surface area contributed by atoms with E-state index in [2.05, 4.69) is 46.4 Å². The van der Waals surface area contributed by atoms with Crippen LogP contribution in [0.2, 0.25) is 0 Å². The largest absolute Gasteiger partial charge is 0.370 e. The summed E-state index contributed by atoms with van der Waals surface area (Å²) >= 11 is 0. The predicted octanol–water partition coefficient (Wildman–Crippen LogP) is 2.23. The molecule has 7 nitrogen and oxygen atoms in total. The summed E-state index contributed by atoms with van der Waals surface area (Å²) in [6.45, 7) is 6.41. The van der Waals surface area contributed by atoms with Gasteiger partial charge in [-0.2, -0.15) is 0 Å². The average molecular weight is 536 g/mol. The molecule has 0 amide bonds. The molecule has 1 atom stereocenters. The smallest absolute Gasteiger partial charge is 0.211 e. The molecule has 2 fully saturated rings. The molecule has 0 spiro atoms. The van der Waals surface area contributed by atoms with Gasteiger partial charge in [0.15, 0.2) is 5.96 Å². The lowest BCUT2D eigenvalue weighted by molar-refractivity contribution is -0.00839. The number of benzene rings is 1. The van der Waals surface area contributed by atoms with Gasteiger partial charge in [0.1, 0.15) is 6.10 Å². The zero-order chi connectivity index (χ0) is 20.1. The topological polar surface area (TPSA) is 74.2 Å². The average Bonchev–Trinajstić information content (AvgIpc) is 2.69. The Morgan fingerprint density at radius 2 is 1.93 bits per heavy atom. The number of piperidine rings is 1. The van der Waals surface area contributed by atoms with Crippen LogP contribution in [0.25, 0.3) is 0 Å². The van der Waals surface area contributed by atoms with Gasteiger partial charge in [-0.1, -0.05) is 24.3 Å². The fourth-order valence-electron chi connectivity index (χ4n) is 3.99. The highest BCUT2D eigenvalue weighted by molar-refractivity contribution is 14.0. The van der Waals surface area contributed by atoms with Gasteiger partial charge in [0.25, 0.3) is 0 Å². The number of ether oxygens (including phenoxy) is 1. The lowest BCUT2D eigenvalue weighted by atomic mass is 9.98. The molecule has 2 aliphatic heterocycles. The molecule has 164 valence electrons. The Kier molecular flexibility index (Phi) is 9.17. The van der Waals surface area contributed by atoms with Gasteiger partial charge in [0.05, 0.1) is 19.4 Å². The fourth-order valence-corrected chi connectivity index (χ4v) is 4.86. The number of guanidine groups is 1. The number of hydrogen-bond donors (Lipinski definition) is 1. The third-order valence-corrected chi connectivity index (χ3v) is 7.01. The minimum absolute atomic E-state index is 0. The highest BCUT2D eigenvalue weighted by Gasteiger charge is 2.27. The second kappa shape index (κ2) is 10.9. The van der Waals surface area contributed by atoms with Crippen molar-refractivity contribution >= 4 is 40.0 Å². The van der Waals surface area contributed by atoms with Crippen molar-refractivity contribution in [3.05, 3.63) is 35.4 Å². The Morgan fingerprint density at radius 1 is 1.24 bits per heavy atom. The van der Waals surface area contributed by atoms with E-state index in [1.54, 1.807) is 4.31 Å². The SMILES string of the molecule is CN=C(NCC1CCN(S(C)(=O)=O)CC1)N1CCOC(c2ccccc2C)C1.I. The van der Waals surface area contributed by atoms with Crippen LogP contribution in [0.3, 0.4) is 0 Å². The van der Waals surface area contributed by atoms with Crippen molar-refractivity contribution in [2.75, 3.05) is 52.6 Å². The Hall–Kier alpha value is -0.910. The van der Waals surface area contributed by atoms with E-state index in [-0.39, 0.29) is 30.1 Å². The Labute approximate surface area is 192 Å². The molecule has 2 heterocycles. The van der Waals surface area contributed by atoms with Crippen LogP contribution in [0.1, 0.15) is 30.1 Å². The lowest BCUT2D eigenvalue weighted by Gasteiger charge is -2.36. The van der Waals surface area contributed by atoms with E-state index in [1.807, 2.05) is 7.05 Å². The molecule has 2 aliphatic rings. The van der Waals surface area contributed by atoms with Gasteiger partial charge < -0.3 is 15.0 Å². The summed E-state index contributed by atoms with van der Waals surface area (Å²) in [6.07, 6.45) is 3.10. The first-order chi connectivity index (χ1) is 13.4. The van der Waals surface area contributed by atoms with Crippen molar-refractivity contribution in [2.45, 2.75) is 25.9 Å². The lowest BCUT2D eigenvalue weighted by Crippen LogP contribution is -2.50. The van der Waals surface area contributed by atoms with Crippen LogP contribution in [-0.2, 0) is 14.8 Å². The van der Waals surface area contributed by atoms with Crippen molar-refractivity contribution in [1.82, 2.24) is 14.5 Å². The van der Waals surface area contributed by atoms with Crippen LogP contribution in [0.15, 0.2) is 29.3 Å². The molecular formula is C20H33IN4O3S. The van der Waals surface area contributed by atoms with Gasteiger partial charge in [-0.3, -0.25) is 4.99 Å². The number of morpholine rings is 1. The minimum Gasteiger partial charge on any atom is -0.370 e. The number of rotatable bonds is 4. The van der Waals surface area contributed by atoms with Crippen LogP contribution in [0.4, 0.5) is 0 Å². The summed E-state index contributed by atoms with van der Waals surface area (Å²) in [5, 5.41) is 3.50. The van der Waals surface area contributed by atoms with E-state index < -0.39 is 10.0 Å². The van der Waals surface area contributed by atoms with Crippen molar-refractivity contribution in [3.8, 4) is 0 Å². The molecule has 0 radical (unpaired) electrons. The van der Waals surface area contributed by atoms with E-state index in [4.69, 9.17) is 4.74 Å². The van der Waals surface area contributed by atoms with E-state index in [0.29, 0.717) is 25.6 Å². The molecule has 0 bridgehead atoms. The summed E-state index contributed by atoms with van der Waals surface area (Å²) in [7, 11) is -1.26. The molecule has 9 heteroatoms. The van der Waals surface area contributed by atoms with Crippen LogP contribution in [0.5, 0.6) is 0 Å². The molecule has 0 aromatic heterocycles. The first-order valence-corrected chi connectivity index (χ1v) is 11.8. The number of nitrogens with one attached hydrogen (secondary N) is 1. The van der Waals surface area contributed by atoms with Gasteiger partial charge in [-0.05, 0) is 36.8 Å². The number of sulfonamides is 1. The first kappa shape index (κ1) is 24.4. The molecule has 29 heavy (non-hydrogen) atoms. The number of aliphatic imine (C=N–C) groups is 1. The van der Waals surface area contributed by atoms with E-state index in [1.165, 1.54) is 17.4 Å². The third-order valence-electron chi connectivity index (χ3n) is 5.70. The summed E-state index contributed by atoms with van der Waals surface area (Å²) in [5.41, 5.74) is 2.48. The maximum atomic E-state index is 11.7. The van der Waals surface area contributed by atoms with Crippen molar-refractivity contribution < 1.29 is 13.2 Å². The Bertz CT molecular complexity index is 795. The number of hydrogen-bond acceptors (Lipinski definition) is 4. The zero-order valence-electron chi connectivity index (χ0n) is 17.5. The summed E-state index contributed by atoms with van der Waals surface area (Å²) < 4.78 is 30.9. The van der Waals surface area contributed by atoms with Gasteiger partial charge in [-0.15, -0.1) is 24.0 Å². The standard InChI is InChI=1S/C20H32N4O3S.HI/c1-16-6-4-5-7-18(16)19-15-23(12-13-27-19)20(21-2)22-14-17-8-10-24(11-9-17)28(3,25)26;/h4-7,17,19H,8-15H2,1-3H3,(H,21,22);1H. The van der Waals surface area contributed by atoms with Crippen molar-refractivity contribution in [3.63, 3.8) is 0 Å². The number of halogens is 1. The van der Waals surface area contributed by atoms with Crippen LogP contribution >= 0.6 is 24.0 Å². The van der Waals surface area contributed by atoms with E-state index in [9.17, 15) is 8.42 Å². The van der Waals surface area contributed by atoms with Crippen LogP contribution in [0, 0.1) is 12.8 Å². The number of aryl methyl sites for hydroxylation is 1. The highest BCUT2D eigenvalue weighted by Crippen LogP contribution is 2.25. The normalized spacial score (nSPS) is 22.2. The fraction of sp³-hybridized carbons (Fsp3) is 0.650. The molecule has 1 aromatic carbocycles. The molecular weight excluding hydrogens is 503 g/mol. The predicted molar refractivity (Wildman–Crippen MR) is 127 cm³/mol. The highest BCUT2D eigenvalue weighted by atomic mass is 127. The molecule has 1 N–H and O–H groups in total. The van der Waals surface area contributed by atoms with E-state index in [0.717, 1.165) is 38.4 Å². The van der Waals surface area contributed by atoms with E-state index >= 15 is 0 Å². The molecule has 0 saturated carbocycles. The van der Waals surface area contributed by atoms with Gasteiger partial charge in [0.2, 0.25) is 10.0 Å². The Morgan fingerprint density at radius 3 is 2.55 bits per heavy atom. The van der Waals surface area contributed by atoms with Crippen LogP contribution < -0.4 is 5.32 Å². The molecule has 3 rings (SSSR count). The maximum Gasteiger partial charge on any atom is 0.211 e. The van der Waals surface area contributed by atoms with Crippen molar-refractivity contribution in [2.24, 2.45) is 10.9 Å². The van der Waals surface area contributed by atoms with Gasteiger partial charge >= 0.3 is 0 Å².